The topological polar surface area (TPSA) is 76.4 Å². The van der Waals surface area contributed by atoms with Crippen molar-refractivity contribution in [3.05, 3.63) is 35.4 Å². The fourth-order valence-corrected chi connectivity index (χ4v) is 3.40. The normalized spacial score (nSPS) is 21.7. The van der Waals surface area contributed by atoms with E-state index in [-0.39, 0.29) is 17.9 Å². The average molecular weight is 327 g/mol. The van der Waals surface area contributed by atoms with Crippen molar-refractivity contribution in [1.29, 1.82) is 5.26 Å². The highest BCUT2D eigenvalue weighted by Gasteiger charge is 2.33. The van der Waals surface area contributed by atoms with Crippen LogP contribution in [0.2, 0.25) is 0 Å². The van der Waals surface area contributed by atoms with Crippen molar-refractivity contribution in [3.63, 3.8) is 0 Å². The summed E-state index contributed by atoms with van der Waals surface area (Å²) in [6.45, 7) is 3.91. The number of piperidine rings is 1. The van der Waals surface area contributed by atoms with Crippen LogP contribution in [0.1, 0.15) is 49.8 Å². The molecule has 24 heavy (non-hydrogen) atoms. The molecular weight excluding hydrogens is 302 g/mol. The summed E-state index contributed by atoms with van der Waals surface area (Å²) in [5.74, 6) is -0.149. The number of rotatable bonds is 5. The molecule has 128 valence electrons. The Balaban J connectivity index is 1.51. The molecule has 1 aromatic carbocycles. The lowest BCUT2D eigenvalue weighted by Gasteiger charge is -2.37. The SMILES string of the molecule is C[C@H](c1ccc(C#N)cc1)N1CCC([C@@H](O)C(=O)NC2CC2)CC1. The van der Waals surface area contributed by atoms with Gasteiger partial charge in [-0.15, -0.1) is 0 Å². The summed E-state index contributed by atoms with van der Waals surface area (Å²) < 4.78 is 0. The zero-order valence-corrected chi connectivity index (χ0v) is 14.1. The molecule has 2 fully saturated rings. The van der Waals surface area contributed by atoms with Crippen molar-refractivity contribution in [1.82, 2.24) is 10.2 Å². The molecule has 1 saturated heterocycles. The Labute approximate surface area is 143 Å². The molecule has 0 bridgehead atoms. The van der Waals surface area contributed by atoms with Crippen LogP contribution in [0.3, 0.4) is 0 Å². The summed E-state index contributed by atoms with van der Waals surface area (Å²) >= 11 is 0. The molecule has 1 heterocycles. The number of aliphatic hydroxyl groups excluding tert-OH is 1. The van der Waals surface area contributed by atoms with Gasteiger partial charge in [-0.3, -0.25) is 9.69 Å². The molecule has 5 heteroatoms. The van der Waals surface area contributed by atoms with Gasteiger partial charge in [0.25, 0.3) is 0 Å². The van der Waals surface area contributed by atoms with E-state index in [4.69, 9.17) is 5.26 Å². The van der Waals surface area contributed by atoms with Crippen molar-refractivity contribution in [2.45, 2.75) is 50.8 Å². The molecule has 5 nitrogen and oxygen atoms in total. The van der Waals surface area contributed by atoms with E-state index in [0.717, 1.165) is 38.8 Å². The summed E-state index contributed by atoms with van der Waals surface area (Å²) in [5, 5.41) is 22.0. The van der Waals surface area contributed by atoms with E-state index in [1.165, 1.54) is 5.56 Å². The minimum atomic E-state index is -0.877. The van der Waals surface area contributed by atoms with Crippen molar-refractivity contribution in [3.8, 4) is 6.07 Å². The first-order valence-corrected chi connectivity index (χ1v) is 8.81. The quantitative estimate of drug-likeness (QED) is 0.867. The number of carbonyl (C=O) groups is 1. The molecule has 3 rings (SSSR count). The van der Waals surface area contributed by atoms with Gasteiger partial charge in [-0.2, -0.15) is 5.26 Å². The van der Waals surface area contributed by atoms with E-state index in [1.54, 1.807) is 0 Å². The van der Waals surface area contributed by atoms with Gasteiger partial charge in [-0.05, 0) is 69.3 Å². The Kier molecular flexibility index (Phi) is 5.17. The third-order valence-corrected chi connectivity index (χ3v) is 5.28. The van der Waals surface area contributed by atoms with Crippen LogP contribution in [0.5, 0.6) is 0 Å². The van der Waals surface area contributed by atoms with Crippen LogP contribution in [-0.4, -0.2) is 41.1 Å². The summed E-state index contributed by atoms with van der Waals surface area (Å²) in [7, 11) is 0. The van der Waals surface area contributed by atoms with E-state index < -0.39 is 6.10 Å². The Morgan fingerprint density at radius 1 is 1.25 bits per heavy atom. The highest BCUT2D eigenvalue weighted by molar-refractivity contribution is 5.81. The molecule has 0 aromatic heterocycles. The number of aliphatic hydroxyl groups is 1. The smallest absolute Gasteiger partial charge is 0.249 e. The molecule has 1 aromatic rings. The first-order chi connectivity index (χ1) is 11.6. The number of nitriles is 1. The average Bonchev–Trinajstić information content (AvgIpc) is 3.44. The lowest BCUT2D eigenvalue weighted by atomic mass is 9.89. The number of nitrogens with zero attached hydrogens (tertiary/aromatic N) is 2. The third kappa shape index (κ3) is 3.95. The van der Waals surface area contributed by atoms with Gasteiger partial charge in [0.15, 0.2) is 0 Å². The third-order valence-electron chi connectivity index (χ3n) is 5.28. The Bertz CT molecular complexity index is 610. The van der Waals surface area contributed by atoms with Crippen LogP contribution in [0.4, 0.5) is 0 Å². The van der Waals surface area contributed by atoms with Crippen molar-refractivity contribution in [2.75, 3.05) is 13.1 Å². The number of benzene rings is 1. The molecule has 0 radical (unpaired) electrons. The van der Waals surface area contributed by atoms with Gasteiger partial charge in [0.05, 0.1) is 11.6 Å². The Morgan fingerprint density at radius 2 is 1.88 bits per heavy atom. The number of hydrogen-bond donors (Lipinski definition) is 2. The molecule has 0 spiro atoms. The second-order valence-corrected chi connectivity index (χ2v) is 7.01. The molecule has 1 amide bonds. The number of nitrogens with one attached hydrogen (secondary N) is 1. The van der Waals surface area contributed by atoms with Crippen LogP contribution in [0.15, 0.2) is 24.3 Å². The van der Waals surface area contributed by atoms with Crippen LogP contribution in [-0.2, 0) is 4.79 Å². The lowest BCUT2D eigenvalue weighted by molar-refractivity contribution is -0.133. The van der Waals surface area contributed by atoms with Gasteiger partial charge in [0.2, 0.25) is 5.91 Å². The predicted molar refractivity (Wildman–Crippen MR) is 91.0 cm³/mol. The Hall–Kier alpha value is -1.90. The summed E-state index contributed by atoms with van der Waals surface area (Å²) in [6, 6.07) is 10.4. The second-order valence-electron chi connectivity index (χ2n) is 7.01. The van der Waals surface area contributed by atoms with E-state index >= 15 is 0 Å². The number of likely N-dealkylation sites (tertiary alicyclic amines) is 1. The molecule has 2 aliphatic rings. The standard InChI is InChI=1S/C19H25N3O2/c1-13(15-4-2-14(12-20)3-5-15)22-10-8-16(9-11-22)18(23)19(24)21-17-6-7-17/h2-5,13,16-18,23H,6-11H2,1H3,(H,21,24)/t13-,18-/m1/s1. The highest BCUT2D eigenvalue weighted by atomic mass is 16.3. The zero-order valence-electron chi connectivity index (χ0n) is 14.1. The van der Waals surface area contributed by atoms with E-state index in [9.17, 15) is 9.90 Å². The van der Waals surface area contributed by atoms with Crippen molar-refractivity contribution in [2.24, 2.45) is 5.92 Å². The van der Waals surface area contributed by atoms with Gasteiger partial charge >= 0.3 is 0 Å². The van der Waals surface area contributed by atoms with Crippen LogP contribution in [0, 0.1) is 17.2 Å². The van der Waals surface area contributed by atoms with Gasteiger partial charge in [0.1, 0.15) is 6.10 Å². The molecule has 2 atom stereocenters. The lowest BCUT2D eigenvalue weighted by Crippen LogP contribution is -2.45. The Morgan fingerprint density at radius 3 is 2.42 bits per heavy atom. The van der Waals surface area contributed by atoms with Gasteiger partial charge in [-0.25, -0.2) is 0 Å². The largest absolute Gasteiger partial charge is 0.383 e. The van der Waals surface area contributed by atoms with E-state index in [2.05, 4.69) is 23.2 Å². The first-order valence-electron chi connectivity index (χ1n) is 8.81. The molecule has 1 aliphatic heterocycles. The maximum absolute atomic E-state index is 12.0. The summed E-state index contributed by atoms with van der Waals surface area (Å²) in [4.78, 5) is 14.4. The summed E-state index contributed by atoms with van der Waals surface area (Å²) in [6.07, 6.45) is 2.87. The van der Waals surface area contributed by atoms with E-state index in [1.807, 2.05) is 24.3 Å². The fourth-order valence-electron chi connectivity index (χ4n) is 3.40. The van der Waals surface area contributed by atoms with Crippen LogP contribution < -0.4 is 5.32 Å². The van der Waals surface area contributed by atoms with Crippen LogP contribution >= 0.6 is 0 Å². The maximum atomic E-state index is 12.0. The predicted octanol–water partition coefficient (Wildman–Crippen LogP) is 1.97. The molecule has 1 aliphatic carbocycles. The maximum Gasteiger partial charge on any atom is 0.249 e. The fraction of sp³-hybridized carbons (Fsp3) is 0.579. The number of carbonyl (C=O) groups excluding carboxylic acids is 1. The van der Waals surface area contributed by atoms with Gasteiger partial charge < -0.3 is 10.4 Å². The molecule has 2 N–H and O–H groups in total. The monoisotopic (exact) mass is 327 g/mol. The van der Waals surface area contributed by atoms with Gasteiger partial charge in [0, 0.05) is 12.1 Å². The van der Waals surface area contributed by atoms with Crippen LogP contribution in [0.25, 0.3) is 0 Å². The summed E-state index contributed by atoms with van der Waals surface area (Å²) in [5.41, 5.74) is 1.87. The van der Waals surface area contributed by atoms with Gasteiger partial charge in [-0.1, -0.05) is 12.1 Å². The minimum Gasteiger partial charge on any atom is -0.383 e. The number of amides is 1. The molecule has 1 saturated carbocycles. The minimum absolute atomic E-state index is 0.0492. The first kappa shape index (κ1) is 16.9. The second kappa shape index (κ2) is 7.33. The molecule has 0 unspecified atom stereocenters. The van der Waals surface area contributed by atoms with E-state index in [0.29, 0.717) is 11.6 Å². The van der Waals surface area contributed by atoms with Crippen molar-refractivity contribution < 1.29 is 9.90 Å². The van der Waals surface area contributed by atoms with Crippen molar-refractivity contribution >= 4 is 5.91 Å². The number of hydrogen-bond acceptors (Lipinski definition) is 4. The highest BCUT2D eigenvalue weighted by Crippen LogP contribution is 2.29. The molecular formula is C19H25N3O2. The zero-order chi connectivity index (χ0) is 17.1.